The van der Waals surface area contributed by atoms with Gasteiger partial charge in [-0.3, -0.25) is 4.90 Å². The van der Waals surface area contributed by atoms with Crippen molar-refractivity contribution in [2.24, 2.45) is 0 Å². The number of carboxylic acids is 1. The van der Waals surface area contributed by atoms with Crippen molar-refractivity contribution in [1.82, 2.24) is 4.90 Å². The molecule has 0 bridgehead atoms. The summed E-state index contributed by atoms with van der Waals surface area (Å²) in [6.45, 7) is 4.18. The number of hydrogen-bond acceptors (Lipinski definition) is 4. The van der Waals surface area contributed by atoms with Crippen LogP contribution in [0.1, 0.15) is 29.6 Å². The first-order chi connectivity index (χ1) is 9.65. The van der Waals surface area contributed by atoms with Crippen molar-refractivity contribution < 1.29 is 9.90 Å². The minimum atomic E-state index is -0.885. The number of aromatic carboxylic acids is 1. The molecule has 0 aliphatic carbocycles. The average Bonchev–Trinajstić information content (AvgIpc) is 3.09. The summed E-state index contributed by atoms with van der Waals surface area (Å²) in [7, 11) is 0. The zero-order valence-corrected chi connectivity index (χ0v) is 11.6. The number of nitrogen functional groups attached to an aromatic ring is 1. The first kappa shape index (κ1) is 13.2. The molecular weight excluding hydrogens is 254 g/mol. The lowest BCUT2D eigenvalue weighted by molar-refractivity contribution is 0.0697. The SMILES string of the molecule is Nc1ccc(C(=O)O)c(N2CCC(N3CCCC3)C2)c1. The van der Waals surface area contributed by atoms with Gasteiger partial charge < -0.3 is 15.7 Å². The number of nitrogens with zero attached hydrogens (tertiary/aromatic N) is 2. The molecule has 1 atom stereocenters. The van der Waals surface area contributed by atoms with Crippen LogP contribution in [0.4, 0.5) is 11.4 Å². The fourth-order valence-corrected chi connectivity index (χ4v) is 3.36. The molecule has 1 aromatic carbocycles. The molecule has 108 valence electrons. The predicted molar refractivity (Wildman–Crippen MR) is 79.2 cm³/mol. The summed E-state index contributed by atoms with van der Waals surface area (Å²) in [6, 6.07) is 5.60. The zero-order chi connectivity index (χ0) is 14.1. The molecule has 1 aromatic rings. The molecule has 2 aliphatic rings. The second-order valence-corrected chi connectivity index (χ2v) is 5.71. The van der Waals surface area contributed by atoms with Crippen LogP contribution in [0.5, 0.6) is 0 Å². The maximum absolute atomic E-state index is 11.3. The van der Waals surface area contributed by atoms with Crippen LogP contribution in [0.15, 0.2) is 18.2 Å². The minimum absolute atomic E-state index is 0.348. The van der Waals surface area contributed by atoms with E-state index in [1.165, 1.54) is 25.9 Å². The quantitative estimate of drug-likeness (QED) is 0.821. The van der Waals surface area contributed by atoms with Gasteiger partial charge >= 0.3 is 5.97 Å². The Morgan fingerprint density at radius 2 is 2.00 bits per heavy atom. The number of carbonyl (C=O) groups is 1. The summed E-state index contributed by atoms with van der Waals surface area (Å²) >= 11 is 0. The molecule has 0 saturated carbocycles. The lowest BCUT2D eigenvalue weighted by Gasteiger charge is -2.25. The summed E-state index contributed by atoms with van der Waals surface area (Å²) < 4.78 is 0. The molecule has 2 aliphatic heterocycles. The molecular formula is C15H21N3O2. The molecule has 1 unspecified atom stereocenters. The lowest BCUT2D eigenvalue weighted by atomic mass is 10.1. The minimum Gasteiger partial charge on any atom is -0.478 e. The Morgan fingerprint density at radius 1 is 1.25 bits per heavy atom. The summed E-state index contributed by atoms with van der Waals surface area (Å²) in [5.74, 6) is -0.885. The van der Waals surface area contributed by atoms with E-state index >= 15 is 0 Å². The summed E-state index contributed by atoms with van der Waals surface area (Å²) in [5.41, 5.74) is 7.55. The van der Waals surface area contributed by atoms with E-state index in [0.29, 0.717) is 17.3 Å². The van der Waals surface area contributed by atoms with Crippen LogP contribution in [-0.4, -0.2) is 48.2 Å². The van der Waals surface area contributed by atoms with Gasteiger partial charge in [0.15, 0.2) is 0 Å². The van der Waals surface area contributed by atoms with Gasteiger partial charge in [-0.2, -0.15) is 0 Å². The van der Waals surface area contributed by atoms with Crippen molar-refractivity contribution in [3.8, 4) is 0 Å². The Bertz CT molecular complexity index is 512. The summed E-state index contributed by atoms with van der Waals surface area (Å²) in [5, 5.41) is 9.32. The molecule has 0 aromatic heterocycles. The van der Waals surface area contributed by atoms with Gasteiger partial charge in [0.2, 0.25) is 0 Å². The number of nitrogens with two attached hydrogens (primary N) is 1. The lowest BCUT2D eigenvalue weighted by Crippen LogP contribution is -2.35. The van der Waals surface area contributed by atoms with Gasteiger partial charge in [0.1, 0.15) is 0 Å². The Labute approximate surface area is 119 Å². The van der Waals surface area contributed by atoms with Crippen LogP contribution in [0.25, 0.3) is 0 Å². The standard InChI is InChI=1S/C15H21N3O2/c16-11-3-4-13(15(19)20)14(9-11)18-8-5-12(10-18)17-6-1-2-7-17/h3-4,9,12H,1-2,5-8,10,16H2,(H,19,20). The Kier molecular flexibility index (Phi) is 3.53. The molecule has 5 nitrogen and oxygen atoms in total. The van der Waals surface area contributed by atoms with Gasteiger partial charge in [0.05, 0.1) is 11.3 Å². The van der Waals surface area contributed by atoms with Crippen molar-refractivity contribution in [3.63, 3.8) is 0 Å². The Morgan fingerprint density at radius 3 is 2.70 bits per heavy atom. The molecule has 20 heavy (non-hydrogen) atoms. The van der Waals surface area contributed by atoms with Crippen molar-refractivity contribution in [2.75, 3.05) is 36.8 Å². The van der Waals surface area contributed by atoms with Gasteiger partial charge in [-0.25, -0.2) is 4.79 Å². The monoisotopic (exact) mass is 275 g/mol. The highest BCUT2D eigenvalue weighted by Gasteiger charge is 2.30. The fraction of sp³-hybridized carbons (Fsp3) is 0.533. The second kappa shape index (κ2) is 5.32. The summed E-state index contributed by atoms with van der Waals surface area (Å²) in [4.78, 5) is 16.1. The molecule has 3 N–H and O–H groups in total. The number of hydrogen-bond donors (Lipinski definition) is 2. The normalized spacial score (nSPS) is 23.4. The molecule has 2 heterocycles. The van der Waals surface area contributed by atoms with Crippen molar-refractivity contribution in [1.29, 1.82) is 0 Å². The average molecular weight is 275 g/mol. The molecule has 2 saturated heterocycles. The van der Waals surface area contributed by atoms with E-state index < -0.39 is 5.97 Å². The van der Waals surface area contributed by atoms with Crippen molar-refractivity contribution in [3.05, 3.63) is 23.8 Å². The van der Waals surface area contributed by atoms with Crippen LogP contribution < -0.4 is 10.6 Å². The van der Waals surface area contributed by atoms with Gasteiger partial charge in [-0.15, -0.1) is 0 Å². The van der Waals surface area contributed by atoms with E-state index in [0.717, 1.165) is 25.2 Å². The van der Waals surface area contributed by atoms with E-state index in [2.05, 4.69) is 9.80 Å². The van der Waals surface area contributed by atoms with Gasteiger partial charge in [0, 0.05) is 24.8 Å². The third-order valence-corrected chi connectivity index (χ3v) is 4.41. The van der Waals surface area contributed by atoms with Gasteiger partial charge in [0.25, 0.3) is 0 Å². The molecule has 0 spiro atoms. The summed E-state index contributed by atoms with van der Waals surface area (Å²) in [6.07, 6.45) is 3.68. The number of rotatable bonds is 3. The highest BCUT2D eigenvalue weighted by Crippen LogP contribution is 2.29. The van der Waals surface area contributed by atoms with E-state index in [4.69, 9.17) is 5.73 Å². The van der Waals surface area contributed by atoms with Gasteiger partial charge in [-0.1, -0.05) is 0 Å². The fourth-order valence-electron chi connectivity index (χ4n) is 3.36. The number of likely N-dealkylation sites (tertiary alicyclic amines) is 1. The van der Waals surface area contributed by atoms with Crippen LogP contribution in [0.2, 0.25) is 0 Å². The Hall–Kier alpha value is -1.75. The smallest absolute Gasteiger partial charge is 0.337 e. The highest BCUT2D eigenvalue weighted by atomic mass is 16.4. The largest absolute Gasteiger partial charge is 0.478 e. The third-order valence-electron chi connectivity index (χ3n) is 4.41. The van der Waals surface area contributed by atoms with Crippen LogP contribution in [0, 0.1) is 0 Å². The van der Waals surface area contributed by atoms with Gasteiger partial charge in [-0.05, 0) is 50.6 Å². The maximum atomic E-state index is 11.3. The number of carboxylic acid groups (broad SMARTS) is 1. The number of benzene rings is 1. The topological polar surface area (TPSA) is 69.8 Å². The van der Waals surface area contributed by atoms with Crippen LogP contribution in [0.3, 0.4) is 0 Å². The van der Waals surface area contributed by atoms with E-state index in [1.807, 2.05) is 0 Å². The molecule has 5 heteroatoms. The maximum Gasteiger partial charge on any atom is 0.337 e. The first-order valence-electron chi connectivity index (χ1n) is 7.27. The van der Waals surface area contributed by atoms with E-state index in [9.17, 15) is 9.90 Å². The predicted octanol–water partition coefficient (Wildman–Crippen LogP) is 1.64. The number of anilines is 2. The molecule has 2 fully saturated rings. The zero-order valence-electron chi connectivity index (χ0n) is 11.6. The molecule has 0 radical (unpaired) electrons. The molecule has 3 rings (SSSR count). The Balaban J connectivity index is 1.80. The highest BCUT2D eigenvalue weighted by molar-refractivity contribution is 5.95. The second-order valence-electron chi connectivity index (χ2n) is 5.71. The van der Waals surface area contributed by atoms with Crippen LogP contribution in [-0.2, 0) is 0 Å². The first-order valence-corrected chi connectivity index (χ1v) is 7.27. The third kappa shape index (κ3) is 2.45. The van der Waals surface area contributed by atoms with Crippen molar-refractivity contribution in [2.45, 2.75) is 25.3 Å². The van der Waals surface area contributed by atoms with Crippen LogP contribution >= 0.6 is 0 Å². The van der Waals surface area contributed by atoms with E-state index in [1.54, 1.807) is 18.2 Å². The molecule has 0 amide bonds. The van der Waals surface area contributed by atoms with Crippen molar-refractivity contribution >= 4 is 17.3 Å². The van der Waals surface area contributed by atoms with E-state index in [-0.39, 0.29) is 0 Å².